The molecule has 0 aromatic heterocycles. The molecular formula is C21H40N4O6S. The molecule has 10 nitrogen and oxygen atoms in total. The van der Waals surface area contributed by atoms with Gasteiger partial charge in [0, 0.05) is 0 Å². The lowest BCUT2D eigenvalue weighted by atomic mass is 10.0. The summed E-state index contributed by atoms with van der Waals surface area (Å²) in [5, 5.41) is 4.12. The highest BCUT2D eigenvalue weighted by atomic mass is 32.2. The van der Waals surface area contributed by atoms with Gasteiger partial charge in [-0.1, -0.05) is 33.8 Å². The Morgan fingerprint density at radius 1 is 1.03 bits per heavy atom. The molecule has 0 fully saturated rings. The molecule has 11 heteroatoms. The molecule has 0 aliphatic heterocycles. The number of hydrogen-bond donors (Lipinski definition) is 4. The molecule has 32 heavy (non-hydrogen) atoms. The summed E-state index contributed by atoms with van der Waals surface area (Å²) >= 11 is 0. The molecule has 0 aliphatic rings. The fourth-order valence-electron chi connectivity index (χ4n) is 2.63. The van der Waals surface area contributed by atoms with E-state index in [9.17, 15) is 22.8 Å². The van der Waals surface area contributed by atoms with Crippen molar-refractivity contribution in [2.45, 2.75) is 84.7 Å². The fourth-order valence-corrected chi connectivity index (χ4v) is 4.16. The van der Waals surface area contributed by atoms with Gasteiger partial charge in [0.15, 0.2) is 9.84 Å². The SMILES string of the molecule is C=C[C@H](CC(C)C)S(=O)(=O)CNC(=O)[C@H](C)NC(=O)[C@@H](NNC(=O)OC(C)(C)C)C(C)C. The Morgan fingerprint density at radius 2 is 1.59 bits per heavy atom. The largest absolute Gasteiger partial charge is 0.443 e. The first-order chi connectivity index (χ1) is 14.5. The van der Waals surface area contributed by atoms with E-state index in [-0.39, 0.29) is 11.8 Å². The van der Waals surface area contributed by atoms with Crippen LogP contribution in [-0.4, -0.2) is 55.1 Å². The minimum absolute atomic E-state index is 0.149. The zero-order valence-corrected chi connectivity index (χ0v) is 21.3. The Morgan fingerprint density at radius 3 is 2.03 bits per heavy atom. The number of carbonyl (C=O) groups excluding carboxylic acids is 3. The van der Waals surface area contributed by atoms with Crippen LogP contribution in [-0.2, 0) is 24.2 Å². The predicted molar refractivity (Wildman–Crippen MR) is 124 cm³/mol. The van der Waals surface area contributed by atoms with Gasteiger partial charge in [-0.2, -0.15) is 0 Å². The standard InChI is InChI=1S/C21H40N4O6S/c1-10-16(11-13(2)3)32(29,30)12-22-18(26)15(6)23-19(27)17(14(4)5)24-25-20(28)31-21(7,8)9/h10,13-17,24H,1,11-12H2,2-9H3,(H,22,26)(H,23,27)(H,25,28)/t15-,16+,17-/m0/s1. The van der Waals surface area contributed by atoms with Crippen LogP contribution >= 0.6 is 0 Å². The van der Waals surface area contributed by atoms with E-state index in [0.29, 0.717) is 6.42 Å². The number of ether oxygens (including phenoxy) is 1. The van der Waals surface area contributed by atoms with Gasteiger partial charge in [0.05, 0.1) is 5.25 Å². The molecule has 0 saturated heterocycles. The number of rotatable bonds is 12. The van der Waals surface area contributed by atoms with Crippen LogP contribution in [0.5, 0.6) is 0 Å². The summed E-state index contributed by atoms with van der Waals surface area (Å²) in [5.41, 5.74) is 4.23. The van der Waals surface area contributed by atoms with Gasteiger partial charge < -0.3 is 15.4 Å². The van der Waals surface area contributed by atoms with Gasteiger partial charge in [-0.05, 0) is 46.0 Å². The van der Waals surface area contributed by atoms with E-state index < -0.39 is 56.6 Å². The van der Waals surface area contributed by atoms with Crippen LogP contribution in [0.4, 0.5) is 4.79 Å². The van der Waals surface area contributed by atoms with Crippen molar-refractivity contribution in [3.8, 4) is 0 Å². The minimum atomic E-state index is -3.62. The van der Waals surface area contributed by atoms with Crippen LogP contribution < -0.4 is 21.5 Å². The second-order valence-corrected chi connectivity index (χ2v) is 11.7. The predicted octanol–water partition coefficient (Wildman–Crippen LogP) is 1.63. The second kappa shape index (κ2) is 12.8. The molecule has 0 bridgehead atoms. The van der Waals surface area contributed by atoms with E-state index in [4.69, 9.17) is 4.74 Å². The molecular weight excluding hydrogens is 436 g/mol. The second-order valence-electron chi connectivity index (χ2n) is 9.48. The van der Waals surface area contributed by atoms with Crippen molar-refractivity contribution in [3.63, 3.8) is 0 Å². The van der Waals surface area contributed by atoms with E-state index in [1.54, 1.807) is 34.6 Å². The number of carbonyl (C=O) groups is 3. The number of sulfone groups is 1. The molecule has 186 valence electrons. The maximum Gasteiger partial charge on any atom is 0.422 e. The zero-order valence-electron chi connectivity index (χ0n) is 20.4. The average molecular weight is 477 g/mol. The molecule has 4 N–H and O–H groups in total. The van der Waals surface area contributed by atoms with Crippen LogP contribution in [0.2, 0.25) is 0 Å². The molecule has 0 aromatic rings. The third-order valence-electron chi connectivity index (χ3n) is 4.31. The number of hydrogen-bond acceptors (Lipinski definition) is 7. The Labute approximate surface area is 192 Å². The molecule has 3 atom stereocenters. The van der Waals surface area contributed by atoms with Crippen molar-refractivity contribution < 1.29 is 27.5 Å². The normalized spacial score (nSPS) is 14.9. The quantitative estimate of drug-likeness (QED) is 0.248. The van der Waals surface area contributed by atoms with Gasteiger partial charge in [0.2, 0.25) is 11.8 Å². The monoisotopic (exact) mass is 476 g/mol. The van der Waals surface area contributed by atoms with Crippen molar-refractivity contribution in [1.29, 1.82) is 0 Å². The summed E-state index contributed by atoms with van der Waals surface area (Å²) in [6.07, 6.45) is 1.02. The van der Waals surface area contributed by atoms with Gasteiger partial charge in [-0.3, -0.25) is 15.0 Å². The topological polar surface area (TPSA) is 143 Å². The highest BCUT2D eigenvalue weighted by Crippen LogP contribution is 2.14. The molecule has 0 saturated carbocycles. The lowest BCUT2D eigenvalue weighted by Crippen LogP contribution is -2.57. The molecule has 0 aromatic carbocycles. The van der Waals surface area contributed by atoms with E-state index in [2.05, 4.69) is 28.1 Å². The van der Waals surface area contributed by atoms with Crippen molar-refractivity contribution in [1.82, 2.24) is 21.5 Å². The first-order valence-corrected chi connectivity index (χ1v) is 12.4. The summed E-state index contributed by atoms with van der Waals surface area (Å²) in [5.74, 6) is -1.81. The van der Waals surface area contributed by atoms with Gasteiger partial charge in [0.25, 0.3) is 0 Å². The van der Waals surface area contributed by atoms with E-state index in [1.165, 1.54) is 13.0 Å². The molecule has 0 spiro atoms. The lowest BCUT2D eigenvalue weighted by Gasteiger charge is -2.25. The third-order valence-corrected chi connectivity index (χ3v) is 6.16. The smallest absolute Gasteiger partial charge is 0.422 e. The molecule has 0 aliphatic carbocycles. The maximum absolute atomic E-state index is 12.6. The van der Waals surface area contributed by atoms with E-state index in [0.717, 1.165) is 0 Å². The highest BCUT2D eigenvalue weighted by Gasteiger charge is 2.28. The first-order valence-electron chi connectivity index (χ1n) is 10.7. The number of nitrogens with one attached hydrogen (secondary N) is 4. The Balaban J connectivity index is 4.89. The van der Waals surface area contributed by atoms with Crippen molar-refractivity contribution in [2.24, 2.45) is 11.8 Å². The van der Waals surface area contributed by atoms with E-state index >= 15 is 0 Å². The summed E-state index contributed by atoms with van der Waals surface area (Å²) in [6.45, 7) is 17.5. The van der Waals surface area contributed by atoms with Crippen LogP contribution in [0.1, 0.15) is 61.8 Å². The first kappa shape index (κ1) is 29.9. The molecule has 0 unspecified atom stereocenters. The van der Waals surface area contributed by atoms with Crippen LogP contribution in [0.3, 0.4) is 0 Å². The Kier molecular flexibility index (Phi) is 11.9. The van der Waals surface area contributed by atoms with E-state index in [1.807, 2.05) is 13.8 Å². The number of hydrazine groups is 1. The van der Waals surface area contributed by atoms with Crippen molar-refractivity contribution in [2.75, 3.05) is 5.88 Å². The zero-order chi connectivity index (χ0) is 25.3. The Hall–Kier alpha value is -2.14. The molecule has 0 radical (unpaired) electrons. The summed E-state index contributed by atoms with van der Waals surface area (Å²) < 4.78 is 30.0. The van der Waals surface area contributed by atoms with Gasteiger partial charge >= 0.3 is 6.09 Å². The van der Waals surface area contributed by atoms with Crippen LogP contribution in [0.15, 0.2) is 12.7 Å². The van der Waals surface area contributed by atoms with Crippen molar-refractivity contribution >= 4 is 27.7 Å². The lowest BCUT2D eigenvalue weighted by molar-refractivity contribution is -0.130. The minimum Gasteiger partial charge on any atom is -0.443 e. The average Bonchev–Trinajstić information content (AvgIpc) is 2.62. The van der Waals surface area contributed by atoms with Crippen LogP contribution in [0, 0.1) is 11.8 Å². The van der Waals surface area contributed by atoms with Gasteiger partial charge in [-0.15, -0.1) is 6.58 Å². The van der Waals surface area contributed by atoms with Gasteiger partial charge in [-0.25, -0.2) is 18.6 Å². The summed E-state index contributed by atoms with van der Waals surface area (Å²) in [6, 6.07) is -1.84. The van der Waals surface area contributed by atoms with Crippen LogP contribution in [0.25, 0.3) is 0 Å². The molecule has 0 heterocycles. The molecule has 3 amide bonds. The number of amides is 3. The molecule has 0 rings (SSSR count). The third kappa shape index (κ3) is 11.5. The highest BCUT2D eigenvalue weighted by molar-refractivity contribution is 7.92. The summed E-state index contributed by atoms with van der Waals surface area (Å²) in [4.78, 5) is 36.8. The maximum atomic E-state index is 12.6. The summed E-state index contributed by atoms with van der Waals surface area (Å²) in [7, 11) is -3.62. The van der Waals surface area contributed by atoms with Crippen molar-refractivity contribution in [3.05, 3.63) is 12.7 Å². The Bertz CT molecular complexity index is 759. The van der Waals surface area contributed by atoms with Gasteiger partial charge in [0.1, 0.15) is 23.6 Å². The fraction of sp³-hybridized carbons (Fsp3) is 0.762.